The number of hydrogen-bond donors (Lipinski definition) is 0. The third kappa shape index (κ3) is 8.70. The van der Waals surface area contributed by atoms with Gasteiger partial charge in [-0.05, 0) is 57.3 Å². The van der Waals surface area contributed by atoms with Crippen LogP contribution in [0, 0.1) is 22.9 Å². The Morgan fingerprint density at radius 2 is 0.851 bits per heavy atom. The number of benzene rings is 5. The van der Waals surface area contributed by atoms with Crippen LogP contribution < -0.4 is 15.6 Å². The average molecular weight is 647 g/mol. The predicted molar refractivity (Wildman–Crippen MR) is 205 cm³/mol. The van der Waals surface area contributed by atoms with Gasteiger partial charge in [0.15, 0.2) is 0 Å². The van der Waals surface area contributed by atoms with Gasteiger partial charge in [0, 0.05) is 17.7 Å². The summed E-state index contributed by atoms with van der Waals surface area (Å²) in [6.45, 7) is 7.80. The summed E-state index contributed by atoms with van der Waals surface area (Å²) in [5.74, 6) is 7.07. The molecule has 0 spiro atoms. The molecule has 0 unspecified atom stereocenters. The first-order valence-electron chi connectivity index (χ1n) is 16.9. The quantitative estimate of drug-likeness (QED) is 0.0793. The molecule has 0 aromatic heterocycles. The fraction of sp³-hybridized carbons (Fsp3) is 0.227. The van der Waals surface area contributed by atoms with Crippen molar-refractivity contribution in [3.05, 3.63) is 163 Å². The summed E-state index contributed by atoms with van der Waals surface area (Å²) in [5, 5.41) is 3.96. The average Bonchev–Trinajstić information content (AvgIpc) is 3.12. The summed E-state index contributed by atoms with van der Waals surface area (Å²) in [6, 6.07) is 54.4. The van der Waals surface area contributed by atoms with Crippen LogP contribution in [0.4, 0.5) is 0 Å². The Kier molecular flexibility index (Phi) is 11.9. The molecule has 5 aromatic rings. The second kappa shape index (κ2) is 16.4. The Morgan fingerprint density at radius 1 is 0.468 bits per heavy atom. The van der Waals surface area contributed by atoms with Gasteiger partial charge in [-0.3, -0.25) is 0 Å². The summed E-state index contributed by atoms with van der Waals surface area (Å²) in [7, 11) is -5.00. The summed E-state index contributed by atoms with van der Waals surface area (Å²) >= 11 is 0. The second-order valence-electron chi connectivity index (χ2n) is 13.2. The Hall–Kier alpha value is -4.39. The molecule has 0 saturated carbocycles. The van der Waals surface area contributed by atoms with E-state index in [9.17, 15) is 0 Å². The van der Waals surface area contributed by atoms with Crippen molar-refractivity contribution in [2.75, 3.05) is 6.61 Å². The zero-order valence-electron chi connectivity index (χ0n) is 28.1. The van der Waals surface area contributed by atoms with E-state index in [2.05, 4.69) is 183 Å². The molecule has 0 atom stereocenters. The summed E-state index contributed by atoms with van der Waals surface area (Å²) in [4.78, 5) is 0. The van der Waals surface area contributed by atoms with E-state index in [0.717, 1.165) is 49.5 Å². The second-order valence-corrected chi connectivity index (χ2v) is 20.9. The van der Waals surface area contributed by atoms with Crippen LogP contribution in [0.5, 0.6) is 0 Å². The number of rotatable bonds is 11. The highest BCUT2D eigenvalue weighted by Crippen LogP contribution is 2.37. The first-order chi connectivity index (χ1) is 22.9. The SMILES string of the molecule is CC(C)(C)[Si](OCCCCCC[Si](C#Cc1ccccc1)(C#Cc1ccccc1)c1ccccc1)(c1ccccc1)c1ccccc1. The van der Waals surface area contributed by atoms with Crippen molar-refractivity contribution in [1.29, 1.82) is 0 Å². The van der Waals surface area contributed by atoms with Gasteiger partial charge < -0.3 is 4.43 Å². The van der Waals surface area contributed by atoms with Gasteiger partial charge in [-0.15, -0.1) is 11.1 Å². The highest BCUT2D eigenvalue weighted by Gasteiger charge is 2.49. The molecular weight excluding hydrogens is 601 g/mol. The Balaban J connectivity index is 1.32. The van der Waals surface area contributed by atoms with Gasteiger partial charge in [-0.25, -0.2) is 0 Å². The molecular formula is C44H46OSi2. The minimum Gasteiger partial charge on any atom is -0.407 e. The van der Waals surface area contributed by atoms with Crippen LogP contribution in [0.2, 0.25) is 11.1 Å². The molecule has 3 heteroatoms. The van der Waals surface area contributed by atoms with E-state index in [1.807, 2.05) is 12.1 Å². The van der Waals surface area contributed by atoms with Crippen LogP contribution in [0.25, 0.3) is 0 Å². The molecule has 1 nitrogen and oxygen atoms in total. The van der Waals surface area contributed by atoms with Crippen molar-refractivity contribution in [3.63, 3.8) is 0 Å². The molecule has 0 aliphatic rings. The molecule has 0 aliphatic heterocycles. The van der Waals surface area contributed by atoms with Gasteiger partial charge in [0.05, 0.1) is 0 Å². The van der Waals surface area contributed by atoms with E-state index in [0.29, 0.717) is 0 Å². The first kappa shape index (κ1) is 34.0. The van der Waals surface area contributed by atoms with Crippen molar-refractivity contribution in [1.82, 2.24) is 0 Å². The summed E-state index contributed by atoms with van der Waals surface area (Å²) in [6.07, 6.45) is 4.38. The molecule has 5 aromatic carbocycles. The van der Waals surface area contributed by atoms with Gasteiger partial charge in [0.25, 0.3) is 8.32 Å². The monoisotopic (exact) mass is 646 g/mol. The van der Waals surface area contributed by atoms with Crippen molar-refractivity contribution in [2.45, 2.75) is 57.5 Å². The van der Waals surface area contributed by atoms with E-state index >= 15 is 0 Å². The topological polar surface area (TPSA) is 9.23 Å². The van der Waals surface area contributed by atoms with Crippen molar-refractivity contribution in [2.24, 2.45) is 0 Å². The molecule has 0 radical (unpaired) electrons. The highest BCUT2D eigenvalue weighted by molar-refractivity contribution is 7.04. The molecule has 0 bridgehead atoms. The minimum absolute atomic E-state index is 0.00849. The molecule has 0 saturated heterocycles. The maximum atomic E-state index is 7.16. The van der Waals surface area contributed by atoms with Gasteiger partial charge in [0.1, 0.15) is 0 Å². The third-order valence-electron chi connectivity index (χ3n) is 8.84. The standard InChI is InChI=1S/C44H46OSi2/c1-44(2,3)47(42-29-17-9-18-30-42,43-31-19-10-20-32-43)45-35-21-4-5-22-36-46(41-27-15-8-16-28-41,37-33-39-23-11-6-12-24-39)38-34-40-25-13-7-14-26-40/h6-20,23-32H,4-5,21-22,35-36H2,1-3H3. The Bertz CT molecular complexity index is 1680. The molecule has 47 heavy (non-hydrogen) atoms. The van der Waals surface area contributed by atoms with Crippen LogP contribution in [-0.4, -0.2) is 23.0 Å². The van der Waals surface area contributed by atoms with Crippen LogP contribution in [0.3, 0.4) is 0 Å². The maximum absolute atomic E-state index is 7.16. The van der Waals surface area contributed by atoms with Crippen molar-refractivity contribution >= 4 is 32.0 Å². The van der Waals surface area contributed by atoms with E-state index in [1.165, 1.54) is 15.6 Å². The van der Waals surface area contributed by atoms with Crippen LogP contribution >= 0.6 is 0 Å². The lowest BCUT2D eigenvalue weighted by Gasteiger charge is -2.43. The van der Waals surface area contributed by atoms with Crippen molar-refractivity contribution in [3.8, 4) is 22.9 Å². The van der Waals surface area contributed by atoms with E-state index in [1.54, 1.807) is 0 Å². The molecule has 0 aliphatic carbocycles. The lowest BCUT2D eigenvalue weighted by molar-refractivity contribution is 0.287. The zero-order chi connectivity index (χ0) is 32.8. The number of unbranched alkanes of at least 4 members (excludes halogenated alkanes) is 3. The smallest absolute Gasteiger partial charge is 0.261 e. The normalized spacial score (nSPS) is 11.6. The van der Waals surface area contributed by atoms with E-state index in [-0.39, 0.29) is 5.04 Å². The third-order valence-corrected chi connectivity index (χ3v) is 17.4. The van der Waals surface area contributed by atoms with Gasteiger partial charge in [-0.1, -0.05) is 179 Å². The van der Waals surface area contributed by atoms with E-state index in [4.69, 9.17) is 4.43 Å². The summed E-state index contributed by atoms with van der Waals surface area (Å²) < 4.78 is 7.16. The fourth-order valence-corrected chi connectivity index (χ4v) is 14.2. The van der Waals surface area contributed by atoms with Crippen LogP contribution in [-0.2, 0) is 4.43 Å². The lowest BCUT2D eigenvalue weighted by Crippen LogP contribution is -2.66. The molecule has 0 N–H and O–H groups in total. The van der Waals surface area contributed by atoms with Gasteiger partial charge in [0.2, 0.25) is 8.07 Å². The Labute approximate surface area is 285 Å². The van der Waals surface area contributed by atoms with Crippen molar-refractivity contribution < 1.29 is 4.43 Å². The summed E-state index contributed by atoms with van der Waals surface area (Å²) in [5.41, 5.74) is 9.70. The largest absolute Gasteiger partial charge is 0.407 e. The maximum Gasteiger partial charge on any atom is 0.261 e. The molecule has 5 rings (SSSR count). The van der Waals surface area contributed by atoms with Gasteiger partial charge >= 0.3 is 0 Å². The molecule has 236 valence electrons. The predicted octanol–water partition coefficient (Wildman–Crippen LogP) is 8.66. The fourth-order valence-electron chi connectivity index (χ4n) is 6.40. The molecule has 0 heterocycles. The first-order valence-corrected chi connectivity index (χ1v) is 21.0. The zero-order valence-corrected chi connectivity index (χ0v) is 30.1. The van der Waals surface area contributed by atoms with Gasteiger partial charge in [-0.2, -0.15) is 0 Å². The van der Waals surface area contributed by atoms with Crippen LogP contribution in [0.15, 0.2) is 152 Å². The highest BCUT2D eigenvalue weighted by atomic mass is 28.4. The van der Waals surface area contributed by atoms with E-state index < -0.39 is 16.4 Å². The van der Waals surface area contributed by atoms with Crippen LogP contribution in [0.1, 0.15) is 57.6 Å². The molecule has 0 amide bonds. The Morgan fingerprint density at radius 3 is 1.28 bits per heavy atom. The number of hydrogen-bond acceptors (Lipinski definition) is 1. The lowest BCUT2D eigenvalue weighted by atomic mass is 10.2. The minimum atomic E-state index is -2.51. The molecule has 0 fully saturated rings.